The quantitative estimate of drug-likeness (QED) is 0.913. The van der Waals surface area contributed by atoms with Gasteiger partial charge in [0.1, 0.15) is 6.04 Å². The molecule has 1 aliphatic carbocycles. The molecule has 2 aliphatic rings. The minimum atomic E-state index is -0.865. The molecule has 1 saturated heterocycles. The topological polar surface area (TPSA) is 75.4 Å². The number of anilines is 1. The first-order chi connectivity index (χ1) is 10.1. The SMILES string of the molecule is CCC1CCN(c2nccn(C3CC3)c2=O)C(C(=O)O)C1. The van der Waals surface area contributed by atoms with Gasteiger partial charge < -0.3 is 14.6 Å². The summed E-state index contributed by atoms with van der Waals surface area (Å²) in [6.07, 6.45) is 7.84. The van der Waals surface area contributed by atoms with Crippen molar-refractivity contribution in [3.05, 3.63) is 22.7 Å². The number of aliphatic carboxylic acids is 1. The number of carbonyl (C=O) groups is 1. The van der Waals surface area contributed by atoms with Crippen LogP contribution in [0.2, 0.25) is 0 Å². The average molecular weight is 291 g/mol. The van der Waals surface area contributed by atoms with Crippen molar-refractivity contribution < 1.29 is 9.90 Å². The lowest BCUT2D eigenvalue weighted by molar-refractivity contribution is -0.139. The van der Waals surface area contributed by atoms with Crippen LogP contribution in [0.15, 0.2) is 17.2 Å². The third-order valence-electron chi connectivity index (χ3n) is 4.64. The zero-order valence-corrected chi connectivity index (χ0v) is 12.2. The summed E-state index contributed by atoms with van der Waals surface area (Å²) in [6, 6.07) is -0.366. The fraction of sp³-hybridized carbons (Fsp3) is 0.667. The van der Waals surface area contributed by atoms with Crippen LogP contribution in [0.1, 0.15) is 45.1 Å². The Morgan fingerprint density at radius 1 is 1.43 bits per heavy atom. The smallest absolute Gasteiger partial charge is 0.326 e. The molecule has 1 N–H and O–H groups in total. The highest BCUT2D eigenvalue weighted by Crippen LogP contribution is 2.34. The summed E-state index contributed by atoms with van der Waals surface area (Å²) in [4.78, 5) is 30.0. The van der Waals surface area contributed by atoms with Crippen LogP contribution in [-0.4, -0.2) is 33.2 Å². The van der Waals surface area contributed by atoms with E-state index in [0.29, 0.717) is 24.7 Å². The Bertz CT molecular complexity index is 594. The van der Waals surface area contributed by atoms with Gasteiger partial charge in [-0.2, -0.15) is 0 Å². The van der Waals surface area contributed by atoms with E-state index in [0.717, 1.165) is 25.7 Å². The number of nitrogens with zero attached hydrogens (tertiary/aromatic N) is 3. The predicted octanol–water partition coefficient (Wildman–Crippen LogP) is 1.66. The monoisotopic (exact) mass is 291 g/mol. The predicted molar refractivity (Wildman–Crippen MR) is 78.6 cm³/mol. The van der Waals surface area contributed by atoms with Crippen LogP contribution in [0, 0.1) is 5.92 Å². The van der Waals surface area contributed by atoms with Crippen LogP contribution in [-0.2, 0) is 4.79 Å². The van der Waals surface area contributed by atoms with Crippen molar-refractivity contribution in [1.82, 2.24) is 9.55 Å². The van der Waals surface area contributed by atoms with E-state index in [4.69, 9.17) is 0 Å². The summed E-state index contributed by atoms with van der Waals surface area (Å²) >= 11 is 0. The third-order valence-corrected chi connectivity index (χ3v) is 4.64. The molecular formula is C15H21N3O3. The Morgan fingerprint density at radius 2 is 2.19 bits per heavy atom. The molecule has 0 spiro atoms. The maximum atomic E-state index is 12.5. The Hall–Kier alpha value is -1.85. The van der Waals surface area contributed by atoms with Gasteiger partial charge in [0.05, 0.1) is 0 Å². The van der Waals surface area contributed by atoms with E-state index in [9.17, 15) is 14.7 Å². The van der Waals surface area contributed by atoms with Gasteiger partial charge in [-0.3, -0.25) is 4.79 Å². The molecule has 114 valence electrons. The molecule has 3 rings (SSSR count). The molecule has 6 nitrogen and oxygen atoms in total. The van der Waals surface area contributed by atoms with Crippen LogP contribution in [0.25, 0.3) is 0 Å². The summed E-state index contributed by atoms with van der Waals surface area (Å²) in [6.45, 7) is 2.67. The molecular weight excluding hydrogens is 270 g/mol. The average Bonchev–Trinajstić information content (AvgIpc) is 3.31. The number of aromatic nitrogens is 2. The van der Waals surface area contributed by atoms with Gasteiger partial charge >= 0.3 is 5.97 Å². The third kappa shape index (κ3) is 2.66. The van der Waals surface area contributed by atoms with Gasteiger partial charge in [0.15, 0.2) is 5.82 Å². The maximum absolute atomic E-state index is 12.5. The van der Waals surface area contributed by atoms with Crippen molar-refractivity contribution in [3.63, 3.8) is 0 Å². The van der Waals surface area contributed by atoms with Gasteiger partial charge in [-0.25, -0.2) is 9.78 Å². The molecule has 0 amide bonds. The van der Waals surface area contributed by atoms with Gasteiger partial charge in [0.2, 0.25) is 0 Å². The second kappa shape index (κ2) is 5.50. The number of hydrogen-bond acceptors (Lipinski definition) is 4. The standard InChI is InChI=1S/C15H21N3O3/c1-2-10-5-7-18(12(9-10)15(20)21)13-14(19)17(8-6-16-13)11-3-4-11/h6,8,10-12H,2-5,7,9H2,1H3,(H,20,21). The Balaban J connectivity index is 1.93. The molecule has 6 heteroatoms. The zero-order chi connectivity index (χ0) is 15.0. The molecule has 1 aliphatic heterocycles. The molecule has 0 bridgehead atoms. The van der Waals surface area contributed by atoms with E-state index in [1.807, 2.05) is 0 Å². The van der Waals surface area contributed by atoms with E-state index >= 15 is 0 Å². The largest absolute Gasteiger partial charge is 0.480 e. The zero-order valence-electron chi connectivity index (χ0n) is 12.2. The molecule has 1 aromatic rings. The normalized spacial score (nSPS) is 25.9. The van der Waals surface area contributed by atoms with Gasteiger partial charge in [-0.15, -0.1) is 0 Å². The van der Waals surface area contributed by atoms with Crippen molar-refractivity contribution in [2.45, 2.75) is 51.1 Å². The van der Waals surface area contributed by atoms with Crippen LogP contribution < -0.4 is 10.5 Å². The van der Waals surface area contributed by atoms with Crippen LogP contribution in [0.3, 0.4) is 0 Å². The lowest BCUT2D eigenvalue weighted by Gasteiger charge is -2.37. The number of rotatable bonds is 4. The molecule has 0 radical (unpaired) electrons. The second-order valence-corrected chi connectivity index (χ2v) is 6.04. The second-order valence-electron chi connectivity index (χ2n) is 6.04. The van der Waals surface area contributed by atoms with E-state index in [1.165, 1.54) is 0 Å². The van der Waals surface area contributed by atoms with Gasteiger partial charge in [0, 0.05) is 25.0 Å². The molecule has 2 unspecified atom stereocenters. The lowest BCUT2D eigenvalue weighted by atomic mass is 9.89. The Kier molecular flexibility index (Phi) is 3.69. The summed E-state index contributed by atoms with van der Waals surface area (Å²) in [5.74, 6) is -0.153. The Labute approximate surface area is 123 Å². The Morgan fingerprint density at radius 3 is 2.81 bits per heavy atom. The number of carboxylic acids is 1. The molecule has 0 aromatic carbocycles. The fourth-order valence-electron chi connectivity index (χ4n) is 3.15. The summed E-state index contributed by atoms with van der Waals surface area (Å²) in [5, 5.41) is 9.49. The molecule has 2 fully saturated rings. The molecule has 2 heterocycles. The number of carboxylic acid groups (broad SMARTS) is 1. The van der Waals surface area contributed by atoms with Crippen molar-refractivity contribution in [2.75, 3.05) is 11.4 Å². The van der Waals surface area contributed by atoms with Crippen molar-refractivity contribution in [2.24, 2.45) is 5.92 Å². The van der Waals surface area contributed by atoms with Crippen molar-refractivity contribution in [1.29, 1.82) is 0 Å². The number of hydrogen-bond donors (Lipinski definition) is 1. The maximum Gasteiger partial charge on any atom is 0.326 e. The van der Waals surface area contributed by atoms with Gasteiger partial charge in [0.25, 0.3) is 5.56 Å². The van der Waals surface area contributed by atoms with E-state index in [-0.39, 0.29) is 11.6 Å². The van der Waals surface area contributed by atoms with E-state index in [2.05, 4.69) is 11.9 Å². The van der Waals surface area contributed by atoms with E-state index in [1.54, 1.807) is 21.9 Å². The molecule has 1 aromatic heterocycles. The molecule has 2 atom stereocenters. The highest BCUT2D eigenvalue weighted by Gasteiger charge is 2.35. The van der Waals surface area contributed by atoms with Gasteiger partial charge in [-0.1, -0.05) is 13.3 Å². The first-order valence-corrected chi connectivity index (χ1v) is 7.68. The highest BCUT2D eigenvalue weighted by atomic mass is 16.4. The minimum Gasteiger partial charge on any atom is -0.480 e. The van der Waals surface area contributed by atoms with E-state index < -0.39 is 12.0 Å². The van der Waals surface area contributed by atoms with Crippen molar-refractivity contribution >= 4 is 11.8 Å². The minimum absolute atomic E-state index is 0.152. The van der Waals surface area contributed by atoms with Crippen LogP contribution in [0.5, 0.6) is 0 Å². The summed E-state index contributed by atoms with van der Waals surface area (Å²) in [5.41, 5.74) is -0.152. The van der Waals surface area contributed by atoms with Gasteiger partial charge in [-0.05, 0) is 31.6 Å². The summed E-state index contributed by atoms with van der Waals surface area (Å²) < 4.78 is 1.70. The number of piperidine rings is 1. The fourth-order valence-corrected chi connectivity index (χ4v) is 3.15. The van der Waals surface area contributed by atoms with Crippen LogP contribution >= 0.6 is 0 Å². The summed E-state index contributed by atoms with van der Waals surface area (Å²) in [7, 11) is 0. The lowest BCUT2D eigenvalue weighted by Crippen LogP contribution is -2.50. The van der Waals surface area contributed by atoms with Crippen LogP contribution in [0.4, 0.5) is 5.82 Å². The molecule has 21 heavy (non-hydrogen) atoms. The van der Waals surface area contributed by atoms with Crippen molar-refractivity contribution in [3.8, 4) is 0 Å². The molecule has 1 saturated carbocycles. The first-order valence-electron chi connectivity index (χ1n) is 7.68. The first kappa shape index (κ1) is 14.1. The highest BCUT2D eigenvalue weighted by molar-refractivity contribution is 5.77.